The zero-order chi connectivity index (χ0) is 25.9. The number of rotatable bonds is 8. The van der Waals surface area contributed by atoms with Gasteiger partial charge in [-0.25, -0.2) is 13.2 Å². The first-order valence-corrected chi connectivity index (χ1v) is 13.4. The average Bonchev–Trinajstić information content (AvgIpc) is 3.23. The van der Waals surface area contributed by atoms with Crippen LogP contribution in [0.5, 0.6) is 5.75 Å². The molecule has 36 heavy (non-hydrogen) atoms. The van der Waals surface area contributed by atoms with Gasteiger partial charge in [-0.3, -0.25) is 9.10 Å². The summed E-state index contributed by atoms with van der Waals surface area (Å²) >= 11 is 1.31. The second kappa shape index (κ2) is 10.7. The van der Waals surface area contributed by atoms with Crippen molar-refractivity contribution in [2.45, 2.75) is 17.9 Å². The average molecular weight is 530 g/mol. The van der Waals surface area contributed by atoms with Crippen LogP contribution in [0.2, 0.25) is 0 Å². The van der Waals surface area contributed by atoms with Crippen molar-refractivity contribution in [2.24, 2.45) is 0 Å². The number of hydrogen-bond donors (Lipinski definition) is 1. The summed E-state index contributed by atoms with van der Waals surface area (Å²) in [7, 11) is 0.594. The molecule has 1 aliphatic rings. The summed E-state index contributed by atoms with van der Waals surface area (Å²) < 4.78 is 38.6. The van der Waals surface area contributed by atoms with Crippen LogP contribution in [0.25, 0.3) is 0 Å². The van der Waals surface area contributed by atoms with E-state index in [-0.39, 0.29) is 10.6 Å². The van der Waals surface area contributed by atoms with Crippen molar-refractivity contribution < 1.29 is 27.5 Å². The van der Waals surface area contributed by atoms with Crippen LogP contribution >= 0.6 is 11.3 Å². The van der Waals surface area contributed by atoms with Crippen molar-refractivity contribution in [3.8, 4) is 5.75 Å². The number of esters is 1. The summed E-state index contributed by atoms with van der Waals surface area (Å²) in [4.78, 5) is 29.0. The maximum absolute atomic E-state index is 13.6. The van der Waals surface area contributed by atoms with Crippen molar-refractivity contribution in [1.29, 1.82) is 0 Å². The molecule has 2 aromatic carbocycles. The van der Waals surface area contributed by atoms with Crippen LogP contribution in [0.4, 0.5) is 10.7 Å². The molecule has 9 nitrogen and oxygen atoms in total. The summed E-state index contributed by atoms with van der Waals surface area (Å²) in [6, 6.07) is 14.5. The normalized spacial score (nSPS) is 13.5. The molecule has 0 radical (unpaired) electrons. The SMILES string of the molecule is COC(=O)c1c(NC(=O)CN(c2ccccc2OC)S(=O)(=O)c2ccccc2)sc2c1CCN(C)C2. The lowest BCUT2D eigenvalue weighted by molar-refractivity contribution is -0.114. The topological polar surface area (TPSA) is 105 Å². The molecule has 2 heterocycles. The smallest absolute Gasteiger partial charge is 0.341 e. The standard InChI is InChI=1S/C25H27N3O6S2/c1-27-14-13-18-21(15-27)35-24(23(18)25(30)34-3)26-22(29)16-28(19-11-7-8-12-20(19)33-2)36(31,32)17-9-5-4-6-10-17/h4-12H,13-16H2,1-3H3,(H,26,29). The molecule has 1 N–H and O–H groups in total. The molecule has 0 saturated carbocycles. The fraction of sp³-hybridized carbons (Fsp3) is 0.280. The van der Waals surface area contributed by atoms with E-state index < -0.39 is 28.4 Å². The lowest BCUT2D eigenvalue weighted by Crippen LogP contribution is -2.38. The minimum absolute atomic E-state index is 0.0357. The minimum atomic E-state index is -4.12. The number of ether oxygens (including phenoxy) is 2. The molecule has 1 aromatic heterocycles. The van der Waals surface area contributed by atoms with E-state index in [0.29, 0.717) is 29.3 Å². The Balaban J connectivity index is 1.70. The summed E-state index contributed by atoms with van der Waals surface area (Å²) in [5, 5.41) is 3.12. The van der Waals surface area contributed by atoms with Crippen LogP contribution < -0.4 is 14.4 Å². The molecule has 4 rings (SSSR count). The van der Waals surface area contributed by atoms with Crippen molar-refractivity contribution in [1.82, 2.24) is 4.90 Å². The number of methoxy groups -OCH3 is 2. The monoisotopic (exact) mass is 529 g/mol. The van der Waals surface area contributed by atoms with Gasteiger partial charge < -0.3 is 19.7 Å². The fourth-order valence-electron chi connectivity index (χ4n) is 4.09. The summed E-state index contributed by atoms with van der Waals surface area (Å²) in [5.74, 6) is -0.835. The maximum atomic E-state index is 13.6. The largest absolute Gasteiger partial charge is 0.495 e. The molecule has 11 heteroatoms. The highest BCUT2D eigenvalue weighted by Crippen LogP contribution is 2.38. The molecular weight excluding hydrogens is 502 g/mol. The number of hydrogen-bond acceptors (Lipinski definition) is 8. The second-order valence-corrected chi connectivity index (χ2v) is 11.2. The Morgan fingerprint density at radius 1 is 1.08 bits per heavy atom. The maximum Gasteiger partial charge on any atom is 0.341 e. The van der Waals surface area contributed by atoms with Crippen molar-refractivity contribution in [3.05, 3.63) is 70.6 Å². The molecule has 0 bridgehead atoms. The van der Waals surface area contributed by atoms with E-state index in [1.807, 2.05) is 7.05 Å². The summed E-state index contributed by atoms with van der Waals surface area (Å²) in [6.07, 6.45) is 0.651. The summed E-state index contributed by atoms with van der Waals surface area (Å²) in [6.45, 7) is 0.897. The number of nitrogens with one attached hydrogen (secondary N) is 1. The lowest BCUT2D eigenvalue weighted by atomic mass is 10.0. The molecule has 1 amide bonds. The highest BCUT2D eigenvalue weighted by molar-refractivity contribution is 7.92. The first-order chi connectivity index (χ1) is 17.3. The minimum Gasteiger partial charge on any atom is -0.495 e. The third kappa shape index (κ3) is 5.08. The fourth-order valence-corrected chi connectivity index (χ4v) is 6.87. The number of nitrogens with zero attached hydrogens (tertiary/aromatic N) is 2. The van der Waals surface area contributed by atoms with E-state index >= 15 is 0 Å². The molecule has 0 unspecified atom stereocenters. The van der Waals surface area contributed by atoms with E-state index in [4.69, 9.17) is 9.47 Å². The molecule has 1 aliphatic heterocycles. The Labute approximate surface area is 214 Å². The van der Waals surface area contributed by atoms with Gasteiger partial charge in [-0.05, 0) is 43.3 Å². The Kier molecular flexibility index (Phi) is 7.62. The zero-order valence-corrected chi connectivity index (χ0v) is 21.8. The van der Waals surface area contributed by atoms with Crippen LogP contribution in [0.1, 0.15) is 20.8 Å². The first-order valence-electron chi connectivity index (χ1n) is 11.2. The van der Waals surface area contributed by atoms with Crippen molar-refractivity contribution in [2.75, 3.05) is 44.0 Å². The number of carbonyl (C=O) groups is 2. The number of likely N-dealkylation sites (N-methyl/N-ethyl adjacent to an activating group) is 1. The predicted octanol–water partition coefficient (Wildman–Crippen LogP) is 3.37. The van der Waals surface area contributed by atoms with E-state index in [2.05, 4.69) is 10.2 Å². The number of anilines is 2. The number of thiophene rings is 1. The van der Waals surface area contributed by atoms with Gasteiger partial charge in [0.25, 0.3) is 10.0 Å². The lowest BCUT2D eigenvalue weighted by Gasteiger charge is -2.25. The molecule has 0 atom stereocenters. The van der Waals surface area contributed by atoms with Gasteiger partial charge in [-0.2, -0.15) is 0 Å². The van der Waals surface area contributed by atoms with Crippen LogP contribution in [-0.4, -0.2) is 59.6 Å². The highest BCUT2D eigenvalue weighted by atomic mass is 32.2. The van der Waals surface area contributed by atoms with Gasteiger partial charge in [0.05, 0.1) is 30.4 Å². The Morgan fingerprint density at radius 2 is 1.78 bits per heavy atom. The molecular formula is C25H27N3O6S2. The Bertz CT molecular complexity index is 1370. The van der Waals surface area contributed by atoms with Gasteiger partial charge in [0.1, 0.15) is 17.3 Å². The summed E-state index contributed by atoms with van der Waals surface area (Å²) in [5.41, 5.74) is 1.41. The third-order valence-electron chi connectivity index (χ3n) is 5.86. The van der Waals surface area contributed by atoms with Crippen LogP contribution in [0, 0.1) is 0 Å². The molecule has 3 aromatic rings. The predicted molar refractivity (Wildman–Crippen MR) is 138 cm³/mol. The van der Waals surface area contributed by atoms with Crippen LogP contribution in [-0.2, 0) is 32.5 Å². The van der Waals surface area contributed by atoms with Crippen molar-refractivity contribution >= 4 is 43.9 Å². The number of amides is 1. The molecule has 0 aliphatic carbocycles. The number of sulfonamides is 1. The van der Waals surface area contributed by atoms with E-state index in [9.17, 15) is 18.0 Å². The Hall–Kier alpha value is -3.41. The first kappa shape index (κ1) is 25.7. The van der Waals surface area contributed by atoms with E-state index in [0.717, 1.165) is 21.3 Å². The zero-order valence-electron chi connectivity index (χ0n) is 20.2. The number of benzene rings is 2. The van der Waals surface area contributed by atoms with E-state index in [1.165, 1.54) is 37.7 Å². The van der Waals surface area contributed by atoms with Crippen molar-refractivity contribution in [3.63, 3.8) is 0 Å². The molecule has 0 spiro atoms. The molecule has 0 fully saturated rings. The van der Waals surface area contributed by atoms with Gasteiger partial charge in [-0.15, -0.1) is 11.3 Å². The molecule has 190 valence electrons. The third-order valence-corrected chi connectivity index (χ3v) is 8.77. The van der Waals surface area contributed by atoms with E-state index in [1.54, 1.807) is 42.5 Å². The number of fused-ring (bicyclic) bond motifs is 1. The highest BCUT2D eigenvalue weighted by Gasteiger charge is 2.32. The van der Waals surface area contributed by atoms with Gasteiger partial charge >= 0.3 is 5.97 Å². The number of carbonyl (C=O) groups excluding carboxylic acids is 2. The number of para-hydroxylation sites is 2. The van der Waals surface area contributed by atoms with Crippen LogP contribution in [0.3, 0.4) is 0 Å². The van der Waals surface area contributed by atoms with Gasteiger partial charge in [-0.1, -0.05) is 30.3 Å². The quantitative estimate of drug-likeness (QED) is 0.446. The van der Waals surface area contributed by atoms with Crippen LogP contribution in [0.15, 0.2) is 59.5 Å². The second-order valence-electron chi connectivity index (χ2n) is 8.23. The Morgan fingerprint density at radius 3 is 2.47 bits per heavy atom. The van der Waals surface area contributed by atoms with Gasteiger partial charge in [0, 0.05) is 18.0 Å². The van der Waals surface area contributed by atoms with Gasteiger partial charge in [0.2, 0.25) is 5.91 Å². The van der Waals surface area contributed by atoms with Gasteiger partial charge in [0.15, 0.2) is 0 Å². The molecule has 0 saturated heterocycles.